The van der Waals surface area contributed by atoms with Gasteiger partial charge in [-0.25, -0.2) is 4.98 Å². The Balaban J connectivity index is 1.53. The molecule has 2 aromatic rings. The van der Waals surface area contributed by atoms with Gasteiger partial charge in [0.05, 0.1) is 11.9 Å². The van der Waals surface area contributed by atoms with E-state index in [1.54, 1.807) is 11.3 Å². The highest BCUT2D eigenvalue weighted by atomic mass is 32.1. The molecular formula is C18H24N4OS. The Morgan fingerprint density at radius 3 is 2.71 bits per heavy atom. The SMILES string of the molecule is C=CCN1CCN(Cc2nc3sc4c(c3c(=O)[nH]2)CCCC4)CC1. The third-order valence-corrected chi connectivity index (χ3v) is 6.29. The van der Waals surface area contributed by atoms with Crippen molar-refractivity contribution in [1.82, 2.24) is 19.8 Å². The summed E-state index contributed by atoms with van der Waals surface area (Å²) in [4.78, 5) is 27.5. The second kappa shape index (κ2) is 6.78. The van der Waals surface area contributed by atoms with E-state index in [-0.39, 0.29) is 5.56 Å². The standard InChI is InChI=1S/C18H24N4OS/c1-2-7-21-8-10-22(11-9-21)12-15-19-17(23)16-13-5-3-4-6-14(13)24-18(16)20-15/h2H,1,3-12H2,(H,19,20,23). The lowest BCUT2D eigenvalue weighted by Gasteiger charge is -2.33. The highest BCUT2D eigenvalue weighted by molar-refractivity contribution is 7.18. The molecule has 1 aliphatic carbocycles. The number of nitrogens with one attached hydrogen (secondary N) is 1. The fourth-order valence-electron chi connectivity index (χ4n) is 3.81. The van der Waals surface area contributed by atoms with Gasteiger partial charge in [-0.1, -0.05) is 6.08 Å². The van der Waals surface area contributed by atoms with Gasteiger partial charge in [0, 0.05) is 37.6 Å². The molecule has 1 fully saturated rings. The van der Waals surface area contributed by atoms with Crippen LogP contribution < -0.4 is 5.56 Å². The number of aryl methyl sites for hydroxylation is 2. The minimum atomic E-state index is 0.0553. The maximum atomic E-state index is 12.6. The smallest absolute Gasteiger partial charge is 0.259 e. The van der Waals surface area contributed by atoms with Crippen molar-refractivity contribution in [3.05, 3.63) is 39.3 Å². The van der Waals surface area contributed by atoms with Crippen molar-refractivity contribution in [2.75, 3.05) is 32.7 Å². The normalized spacial score (nSPS) is 19.5. The van der Waals surface area contributed by atoms with Gasteiger partial charge in [0.15, 0.2) is 0 Å². The fourth-order valence-corrected chi connectivity index (χ4v) is 5.09. The molecule has 2 aliphatic rings. The Morgan fingerprint density at radius 1 is 1.17 bits per heavy atom. The van der Waals surface area contributed by atoms with Crippen molar-refractivity contribution in [2.24, 2.45) is 0 Å². The highest BCUT2D eigenvalue weighted by Crippen LogP contribution is 2.33. The number of thiophene rings is 1. The summed E-state index contributed by atoms with van der Waals surface area (Å²) in [6, 6.07) is 0. The quantitative estimate of drug-likeness (QED) is 0.864. The Bertz CT molecular complexity index is 801. The van der Waals surface area contributed by atoms with E-state index in [2.05, 4.69) is 21.4 Å². The lowest BCUT2D eigenvalue weighted by atomic mass is 9.97. The van der Waals surface area contributed by atoms with Gasteiger partial charge in [-0.2, -0.15) is 0 Å². The van der Waals surface area contributed by atoms with Crippen LogP contribution in [0, 0.1) is 0 Å². The van der Waals surface area contributed by atoms with Crippen LogP contribution in [0.2, 0.25) is 0 Å². The summed E-state index contributed by atoms with van der Waals surface area (Å²) >= 11 is 1.73. The number of aromatic amines is 1. The maximum absolute atomic E-state index is 12.6. The third kappa shape index (κ3) is 3.06. The van der Waals surface area contributed by atoms with Gasteiger partial charge < -0.3 is 4.98 Å². The molecule has 0 aromatic carbocycles. The van der Waals surface area contributed by atoms with Crippen molar-refractivity contribution < 1.29 is 0 Å². The van der Waals surface area contributed by atoms with Crippen LogP contribution in [0.4, 0.5) is 0 Å². The minimum Gasteiger partial charge on any atom is -0.309 e. The van der Waals surface area contributed by atoms with Crippen LogP contribution in [0.1, 0.15) is 29.1 Å². The lowest BCUT2D eigenvalue weighted by molar-refractivity contribution is 0.134. The summed E-state index contributed by atoms with van der Waals surface area (Å²) in [6.45, 7) is 9.61. The molecule has 0 amide bonds. The number of aromatic nitrogens is 2. The number of H-pyrrole nitrogens is 1. The van der Waals surface area contributed by atoms with Gasteiger partial charge in [-0.05, 0) is 31.2 Å². The van der Waals surface area contributed by atoms with Crippen LogP contribution >= 0.6 is 11.3 Å². The molecule has 4 rings (SSSR count). The molecular weight excluding hydrogens is 320 g/mol. The Hall–Kier alpha value is -1.50. The first kappa shape index (κ1) is 16.0. The summed E-state index contributed by atoms with van der Waals surface area (Å²) in [7, 11) is 0. The Labute approximate surface area is 146 Å². The second-order valence-corrected chi connectivity index (χ2v) is 7.85. The van der Waals surface area contributed by atoms with E-state index in [0.717, 1.165) is 68.2 Å². The van der Waals surface area contributed by atoms with E-state index in [1.165, 1.54) is 23.3 Å². The van der Waals surface area contributed by atoms with Crippen molar-refractivity contribution in [3.8, 4) is 0 Å². The van der Waals surface area contributed by atoms with Crippen molar-refractivity contribution >= 4 is 21.6 Å². The number of piperazine rings is 1. The van der Waals surface area contributed by atoms with Crippen LogP contribution in [-0.2, 0) is 19.4 Å². The number of rotatable bonds is 4. The predicted molar refractivity (Wildman–Crippen MR) is 98.8 cm³/mol. The lowest BCUT2D eigenvalue weighted by Crippen LogP contribution is -2.46. The molecule has 1 saturated heterocycles. The van der Waals surface area contributed by atoms with E-state index in [1.807, 2.05) is 6.08 Å². The van der Waals surface area contributed by atoms with E-state index >= 15 is 0 Å². The topological polar surface area (TPSA) is 52.2 Å². The van der Waals surface area contributed by atoms with Gasteiger partial charge in [-0.3, -0.25) is 14.6 Å². The summed E-state index contributed by atoms with van der Waals surface area (Å²) in [5.41, 5.74) is 1.32. The number of nitrogens with zero attached hydrogens (tertiary/aromatic N) is 3. The molecule has 0 spiro atoms. The van der Waals surface area contributed by atoms with Gasteiger partial charge in [0.1, 0.15) is 10.7 Å². The first-order chi connectivity index (χ1) is 11.7. The van der Waals surface area contributed by atoms with Gasteiger partial charge in [0.2, 0.25) is 0 Å². The summed E-state index contributed by atoms with van der Waals surface area (Å²) in [6.07, 6.45) is 6.52. The number of hydrogen-bond acceptors (Lipinski definition) is 5. The zero-order chi connectivity index (χ0) is 16.5. The van der Waals surface area contributed by atoms with Crippen LogP contribution in [0.5, 0.6) is 0 Å². The van der Waals surface area contributed by atoms with Crippen LogP contribution in [-0.4, -0.2) is 52.5 Å². The molecule has 1 N–H and O–H groups in total. The molecule has 0 saturated carbocycles. The van der Waals surface area contributed by atoms with Crippen molar-refractivity contribution in [3.63, 3.8) is 0 Å². The van der Waals surface area contributed by atoms with Crippen LogP contribution in [0.15, 0.2) is 17.4 Å². The molecule has 0 radical (unpaired) electrons. The molecule has 128 valence electrons. The highest BCUT2D eigenvalue weighted by Gasteiger charge is 2.21. The first-order valence-corrected chi connectivity index (χ1v) is 9.65. The molecule has 0 atom stereocenters. The van der Waals surface area contributed by atoms with Crippen LogP contribution in [0.25, 0.3) is 10.2 Å². The molecule has 0 bridgehead atoms. The van der Waals surface area contributed by atoms with E-state index in [4.69, 9.17) is 4.98 Å². The Kier molecular flexibility index (Phi) is 4.52. The largest absolute Gasteiger partial charge is 0.309 e. The van der Waals surface area contributed by atoms with E-state index in [0.29, 0.717) is 0 Å². The Morgan fingerprint density at radius 2 is 1.92 bits per heavy atom. The molecule has 24 heavy (non-hydrogen) atoms. The number of hydrogen-bond donors (Lipinski definition) is 1. The van der Waals surface area contributed by atoms with Gasteiger partial charge in [0.25, 0.3) is 5.56 Å². The maximum Gasteiger partial charge on any atom is 0.259 e. The average Bonchev–Trinajstić information content (AvgIpc) is 2.95. The van der Waals surface area contributed by atoms with E-state index in [9.17, 15) is 4.79 Å². The second-order valence-electron chi connectivity index (χ2n) is 6.77. The number of fused-ring (bicyclic) bond motifs is 3. The average molecular weight is 344 g/mol. The zero-order valence-electron chi connectivity index (χ0n) is 14.0. The zero-order valence-corrected chi connectivity index (χ0v) is 14.8. The predicted octanol–water partition coefficient (Wildman–Crippen LogP) is 2.17. The molecule has 5 nitrogen and oxygen atoms in total. The minimum absolute atomic E-state index is 0.0553. The fraction of sp³-hybridized carbons (Fsp3) is 0.556. The monoisotopic (exact) mass is 344 g/mol. The summed E-state index contributed by atoms with van der Waals surface area (Å²) in [5.74, 6) is 0.809. The third-order valence-electron chi connectivity index (χ3n) is 5.10. The molecule has 3 heterocycles. The van der Waals surface area contributed by atoms with Gasteiger partial charge in [-0.15, -0.1) is 17.9 Å². The molecule has 1 aliphatic heterocycles. The van der Waals surface area contributed by atoms with Crippen molar-refractivity contribution in [2.45, 2.75) is 32.2 Å². The first-order valence-electron chi connectivity index (χ1n) is 8.83. The summed E-state index contributed by atoms with van der Waals surface area (Å²) < 4.78 is 0. The van der Waals surface area contributed by atoms with Gasteiger partial charge >= 0.3 is 0 Å². The van der Waals surface area contributed by atoms with Crippen molar-refractivity contribution in [1.29, 1.82) is 0 Å². The van der Waals surface area contributed by atoms with E-state index < -0.39 is 0 Å². The molecule has 6 heteroatoms. The molecule has 2 aromatic heterocycles. The molecule has 0 unspecified atom stereocenters. The van der Waals surface area contributed by atoms with Crippen LogP contribution in [0.3, 0.4) is 0 Å². The summed E-state index contributed by atoms with van der Waals surface area (Å²) in [5, 5.41) is 0.856.